The summed E-state index contributed by atoms with van der Waals surface area (Å²) in [5.41, 5.74) is 0.711. The van der Waals surface area contributed by atoms with Crippen LogP contribution < -0.4 is 15.4 Å². The van der Waals surface area contributed by atoms with Crippen LogP contribution >= 0.6 is 0 Å². The van der Waals surface area contributed by atoms with Crippen molar-refractivity contribution in [1.29, 1.82) is 0 Å². The highest BCUT2D eigenvalue weighted by atomic mass is 19.4. The van der Waals surface area contributed by atoms with Crippen molar-refractivity contribution in [1.82, 2.24) is 15.5 Å². The van der Waals surface area contributed by atoms with E-state index < -0.39 is 6.36 Å². The van der Waals surface area contributed by atoms with E-state index in [2.05, 4.69) is 15.4 Å². The minimum absolute atomic E-state index is 0.0995. The van der Waals surface area contributed by atoms with Gasteiger partial charge in [0.15, 0.2) is 0 Å². The number of carbonyl (C=O) groups excluding carboxylic acids is 1. The van der Waals surface area contributed by atoms with Crippen LogP contribution in [0.5, 0.6) is 5.75 Å². The Morgan fingerprint density at radius 2 is 1.86 bits per heavy atom. The molecule has 2 rings (SSSR count). The molecule has 122 valence electrons. The lowest BCUT2D eigenvalue weighted by atomic mass is 10.2. The van der Waals surface area contributed by atoms with Gasteiger partial charge in [-0.1, -0.05) is 12.1 Å². The second kappa shape index (κ2) is 7.46. The summed E-state index contributed by atoms with van der Waals surface area (Å²) in [6.45, 7) is 4.00. The van der Waals surface area contributed by atoms with E-state index in [0.29, 0.717) is 12.1 Å². The maximum atomic E-state index is 12.0. The fraction of sp³-hybridized carbons (Fsp3) is 0.500. The first-order valence-electron chi connectivity index (χ1n) is 6.97. The van der Waals surface area contributed by atoms with Crippen molar-refractivity contribution in [3.8, 4) is 5.75 Å². The zero-order chi connectivity index (χ0) is 16.0. The summed E-state index contributed by atoms with van der Waals surface area (Å²) < 4.78 is 39.9. The van der Waals surface area contributed by atoms with E-state index in [0.717, 1.165) is 26.2 Å². The smallest absolute Gasteiger partial charge is 0.406 e. The Morgan fingerprint density at radius 1 is 1.23 bits per heavy atom. The molecule has 1 aromatic rings. The molecule has 0 radical (unpaired) electrons. The highest BCUT2D eigenvalue weighted by Crippen LogP contribution is 2.22. The van der Waals surface area contributed by atoms with E-state index in [4.69, 9.17) is 0 Å². The maximum absolute atomic E-state index is 12.0. The van der Waals surface area contributed by atoms with Gasteiger partial charge in [0.2, 0.25) is 5.91 Å². The molecular weight excluding hydrogens is 299 g/mol. The van der Waals surface area contributed by atoms with Crippen LogP contribution in [0.25, 0.3) is 0 Å². The normalized spacial score (nSPS) is 16.3. The molecule has 1 amide bonds. The molecule has 1 aromatic carbocycles. The number of nitrogens with zero attached hydrogens (tertiary/aromatic N) is 1. The number of nitrogens with one attached hydrogen (secondary N) is 2. The molecule has 1 aliphatic rings. The van der Waals surface area contributed by atoms with Crippen LogP contribution in [0.1, 0.15) is 5.56 Å². The monoisotopic (exact) mass is 317 g/mol. The lowest BCUT2D eigenvalue weighted by Gasteiger charge is -2.26. The van der Waals surface area contributed by atoms with E-state index in [9.17, 15) is 18.0 Å². The Labute approximate surface area is 126 Å². The maximum Gasteiger partial charge on any atom is 0.573 e. The summed E-state index contributed by atoms with van der Waals surface area (Å²) >= 11 is 0. The molecule has 0 unspecified atom stereocenters. The predicted octanol–water partition coefficient (Wildman–Crippen LogP) is 1.11. The fourth-order valence-corrected chi connectivity index (χ4v) is 2.14. The largest absolute Gasteiger partial charge is 0.573 e. The standard InChI is InChI=1S/C14H18F3N3O2/c15-14(16,17)22-12-3-1-11(2-4-12)9-19-13(21)10-20-7-5-18-6-8-20/h1-4,18H,5-10H2,(H,19,21). The third-order valence-electron chi connectivity index (χ3n) is 3.22. The molecule has 0 atom stereocenters. The number of amides is 1. The third-order valence-corrected chi connectivity index (χ3v) is 3.22. The van der Waals surface area contributed by atoms with E-state index in [1.807, 2.05) is 4.90 Å². The first kappa shape index (κ1) is 16.6. The van der Waals surface area contributed by atoms with Gasteiger partial charge in [-0.25, -0.2) is 0 Å². The zero-order valence-corrected chi connectivity index (χ0v) is 11.9. The van der Waals surface area contributed by atoms with Gasteiger partial charge < -0.3 is 15.4 Å². The van der Waals surface area contributed by atoms with Crippen molar-refractivity contribution in [2.75, 3.05) is 32.7 Å². The van der Waals surface area contributed by atoms with Crippen molar-refractivity contribution < 1.29 is 22.7 Å². The van der Waals surface area contributed by atoms with Crippen molar-refractivity contribution >= 4 is 5.91 Å². The molecule has 0 bridgehead atoms. The molecule has 1 saturated heterocycles. The first-order chi connectivity index (χ1) is 10.4. The average Bonchev–Trinajstić information content (AvgIpc) is 2.46. The lowest BCUT2D eigenvalue weighted by Crippen LogP contribution is -2.47. The summed E-state index contributed by atoms with van der Waals surface area (Å²) in [6, 6.07) is 5.44. The van der Waals surface area contributed by atoms with Gasteiger partial charge in [-0.15, -0.1) is 13.2 Å². The Balaban J connectivity index is 1.75. The molecule has 0 aromatic heterocycles. The average molecular weight is 317 g/mol. The van der Waals surface area contributed by atoms with Crippen LogP contribution in [0.4, 0.5) is 13.2 Å². The van der Waals surface area contributed by atoms with E-state index in [-0.39, 0.29) is 18.2 Å². The van der Waals surface area contributed by atoms with E-state index in [1.54, 1.807) is 0 Å². The molecule has 1 fully saturated rings. The van der Waals surface area contributed by atoms with Crippen molar-refractivity contribution in [3.05, 3.63) is 29.8 Å². The van der Waals surface area contributed by atoms with Crippen LogP contribution in [0.15, 0.2) is 24.3 Å². The lowest BCUT2D eigenvalue weighted by molar-refractivity contribution is -0.274. The highest BCUT2D eigenvalue weighted by molar-refractivity contribution is 5.78. The molecule has 0 spiro atoms. The van der Waals surface area contributed by atoms with Gasteiger partial charge in [0.25, 0.3) is 0 Å². The summed E-state index contributed by atoms with van der Waals surface area (Å²) in [7, 11) is 0. The number of ether oxygens (including phenoxy) is 1. The van der Waals surface area contributed by atoms with Crippen LogP contribution in [0, 0.1) is 0 Å². The Kier molecular flexibility index (Phi) is 5.62. The van der Waals surface area contributed by atoms with Crippen LogP contribution in [0.3, 0.4) is 0 Å². The van der Waals surface area contributed by atoms with Gasteiger partial charge in [0.1, 0.15) is 5.75 Å². The SMILES string of the molecule is O=C(CN1CCNCC1)NCc1ccc(OC(F)(F)F)cc1. The van der Waals surface area contributed by atoms with Crippen LogP contribution in [-0.2, 0) is 11.3 Å². The zero-order valence-electron chi connectivity index (χ0n) is 11.9. The number of alkyl halides is 3. The van der Waals surface area contributed by atoms with Gasteiger partial charge in [-0.3, -0.25) is 9.69 Å². The molecule has 0 aliphatic carbocycles. The molecule has 0 saturated carbocycles. The summed E-state index contributed by atoms with van der Waals surface area (Å²) in [5, 5.41) is 5.95. The second-order valence-electron chi connectivity index (χ2n) is 4.99. The molecule has 8 heteroatoms. The number of hydrogen-bond acceptors (Lipinski definition) is 4. The second-order valence-corrected chi connectivity index (χ2v) is 4.99. The number of piperazine rings is 1. The number of rotatable bonds is 5. The Bertz CT molecular complexity index is 485. The Morgan fingerprint density at radius 3 is 2.45 bits per heavy atom. The fourth-order valence-electron chi connectivity index (χ4n) is 2.14. The van der Waals surface area contributed by atoms with Crippen molar-refractivity contribution in [2.45, 2.75) is 12.9 Å². The predicted molar refractivity (Wildman–Crippen MR) is 74.3 cm³/mol. The summed E-state index contributed by atoms with van der Waals surface area (Å²) in [6.07, 6.45) is -4.70. The quantitative estimate of drug-likeness (QED) is 0.854. The van der Waals surface area contributed by atoms with Gasteiger partial charge in [-0.2, -0.15) is 0 Å². The Hall–Kier alpha value is -1.80. The molecule has 22 heavy (non-hydrogen) atoms. The van der Waals surface area contributed by atoms with Crippen LogP contribution in [-0.4, -0.2) is 49.9 Å². The number of halogens is 3. The van der Waals surface area contributed by atoms with Crippen molar-refractivity contribution in [2.24, 2.45) is 0 Å². The number of carbonyl (C=O) groups is 1. The summed E-state index contributed by atoms with van der Waals surface area (Å²) in [4.78, 5) is 13.8. The minimum atomic E-state index is -4.70. The molecule has 5 nitrogen and oxygen atoms in total. The topological polar surface area (TPSA) is 53.6 Å². The van der Waals surface area contributed by atoms with Gasteiger partial charge in [-0.05, 0) is 17.7 Å². The molecular formula is C14H18F3N3O2. The minimum Gasteiger partial charge on any atom is -0.406 e. The molecule has 1 aliphatic heterocycles. The van der Waals surface area contributed by atoms with Crippen molar-refractivity contribution in [3.63, 3.8) is 0 Å². The van der Waals surface area contributed by atoms with E-state index in [1.165, 1.54) is 24.3 Å². The molecule has 2 N–H and O–H groups in total. The summed E-state index contributed by atoms with van der Waals surface area (Å²) in [5.74, 6) is -0.374. The number of hydrogen-bond donors (Lipinski definition) is 2. The van der Waals surface area contributed by atoms with Crippen LogP contribution in [0.2, 0.25) is 0 Å². The highest BCUT2D eigenvalue weighted by Gasteiger charge is 2.30. The van der Waals surface area contributed by atoms with E-state index >= 15 is 0 Å². The molecule has 1 heterocycles. The third kappa shape index (κ3) is 5.90. The number of benzene rings is 1. The van der Waals surface area contributed by atoms with Gasteiger partial charge in [0, 0.05) is 32.7 Å². The first-order valence-corrected chi connectivity index (χ1v) is 6.97. The van der Waals surface area contributed by atoms with Gasteiger partial charge >= 0.3 is 6.36 Å². The van der Waals surface area contributed by atoms with Gasteiger partial charge in [0.05, 0.1) is 6.54 Å².